The minimum absolute atomic E-state index is 0.673. The third-order valence-corrected chi connectivity index (χ3v) is 5.66. The van der Waals surface area contributed by atoms with Crippen LogP contribution in [0.25, 0.3) is 11.1 Å². The van der Waals surface area contributed by atoms with Gasteiger partial charge in [-0.3, -0.25) is 0 Å². The summed E-state index contributed by atoms with van der Waals surface area (Å²) in [6, 6.07) is 16.5. The predicted molar refractivity (Wildman–Crippen MR) is 150 cm³/mol. The molecule has 0 aliphatic rings. The van der Waals surface area contributed by atoms with Gasteiger partial charge in [0.2, 0.25) is 0 Å². The average molecular weight is 491 g/mol. The van der Waals surface area contributed by atoms with Crippen molar-refractivity contribution in [2.45, 2.75) is 52.4 Å². The highest BCUT2D eigenvalue weighted by Crippen LogP contribution is 2.25. The highest BCUT2D eigenvalue weighted by atomic mass is 16.5. The summed E-state index contributed by atoms with van der Waals surface area (Å²) < 4.78 is 22.8. The highest BCUT2D eigenvalue weighted by Gasteiger charge is 2.02. The van der Waals surface area contributed by atoms with Gasteiger partial charge in [-0.25, -0.2) is 0 Å². The van der Waals surface area contributed by atoms with Gasteiger partial charge in [-0.15, -0.1) is 0 Å². The third-order valence-electron chi connectivity index (χ3n) is 5.66. The summed E-state index contributed by atoms with van der Waals surface area (Å²) in [6.45, 7) is 21.8. The fraction of sp³-hybridized carbons (Fsp3) is 0.375. The molecule has 0 N–H and O–H groups in total. The number of hydrogen-bond donors (Lipinski definition) is 0. The molecule has 2 rings (SSSR count). The first-order valence-electron chi connectivity index (χ1n) is 12.8. The molecular weight excluding hydrogens is 448 g/mol. The Morgan fingerprint density at radius 3 is 1.17 bits per heavy atom. The van der Waals surface area contributed by atoms with Crippen molar-refractivity contribution in [1.82, 2.24) is 0 Å². The highest BCUT2D eigenvalue weighted by molar-refractivity contribution is 5.64. The van der Waals surface area contributed by atoms with Crippen LogP contribution in [0.4, 0.5) is 0 Å². The van der Waals surface area contributed by atoms with Gasteiger partial charge >= 0.3 is 0 Å². The number of unbranched alkanes of at least 4 members (excludes halogenated alkanes) is 4. The minimum atomic E-state index is 0.673. The van der Waals surface area contributed by atoms with Crippen LogP contribution in [-0.4, -0.2) is 26.4 Å². The van der Waals surface area contributed by atoms with Crippen molar-refractivity contribution < 1.29 is 18.9 Å². The Balaban J connectivity index is 1.61. The molecule has 0 fully saturated rings. The van der Waals surface area contributed by atoms with Crippen LogP contribution in [0.1, 0.15) is 52.4 Å². The summed E-state index contributed by atoms with van der Waals surface area (Å²) in [5.74, 6) is 3.13. The van der Waals surface area contributed by atoms with E-state index in [-0.39, 0.29) is 0 Å². The van der Waals surface area contributed by atoms with Crippen molar-refractivity contribution in [2.75, 3.05) is 26.4 Å². The van der Waals surface area contributed by atoms with Crippen molar-refractivity contribution in [3.8, 4) is 22.6 Å². The van der Waals surface area contributed by atoms with Crippen molar-refractivity contribution in [1.29, 1.82) is 0 Å². The molecule has 0 spiro atoms. The normalized spacial score (nSPS) is 10.4. The van der Waals surface area contributed by atoms with Gasteiger partial charge < -0.3 is 18.9 Å². The molecule has 4 nitrogen and oxygen atoms in total. The lowest BCUT2D eigenvalue weighted by molar-refractivity contribution is 0.210. The Hall–Kier alpha value is -3.40. The fourth-order valence-corrected chi connectivity index (χ4v) is 3.27. The molecule has 0 heterocycles. The summed E-state index contributed by atoms with van der Waals surface area (Å²) >= 11 is 0. The quantitative estimate of drug-likeness (QED) is 0.112. The Morgan fingerprint density at radius 2 is 0.833 bits per heavy atom. The van der Waals surface area contributed by atoms with Gasteiger partial charge in [0.05, 0.1) is 26.4 Å². The van der Waals surface area contributed by atoms with Crippen molar-refractivity contribution >= 4 is 0 Å². The summed E-state index contributed by atoms with van der Waals surface area (Å²) in [7, 11) is 0. The molecule has 0 aliphatic carbocycles. The second kappa shape index (κ2) is 16.3. The maximum absolute atomic E-state index is 5.87. The van der Waals surface area contributed by atoms with Crippen LogP contribution >= 0.6 is 0 Å². The molecule has 0 saturated carbocycles. The molecule has 0 amide bonds. The van der Waals surface area contributed by atoms with E-state index in [1.165, 1.54) is 0 Å². The second-order valence-corrected chi connectivity index (χ2v) is 8.97. The Morgan fingerprint density at radius 1 is 0.500 bits per heavy atom. The van der Waals surface area contributed by atoms with Crippen LogP contribution < -0.4 is 9.47 Å². The average Bonchev–Trinajstić information content (AvgIpc) is 2.88. The number of hydrogen-bond acceptors (Lipinski definition) is 4. The maximum Gasteiger partial charge on any atom is 0.119 e. The monoisotopic (exact) mass is 490 g/mol. The molecule has 0 unspecified atom stereocenters. The van der Waals surface area contributed by atoms with Gasteiger partial charge in [-0.05, 0) is 98.9 Å². The molecule has 0 aliphatic heterocycles. The van der Waals surface area contributed by atoms with Gasteiger partial charge in [-0.2, -0.15) is 0 Å². The lowest BCUT2D eigenvalue weighted by Crippen LogP contribution is -2.00. The summed E-state index contributed by atoms with van der Waals surface area (Å²) in [5, 5.41) is 0. The molecule has 0 saturated heterocycles. The largest absolute Gasteiger partial charge is 0.494 e. The van der Waals surface area contributed by atoms with Gasteiger partial charge in [0.1, 0.15) is 23.0 Å². The van der Waals surface area contributed by atoms with E-state index in [0.29, 0.717) is 37.9 Å². The molecule has 0 atom stereocenters. The van der Waals surface area contributed by atoms with Crippen LogP contribution in [0.5, 0.6) is 11.5 Å². The number of benzene rings is 2. The van der Waals surface area contributed by atoms with E-state index in [9.17, 15) is 0 Å². The first kappa shape index (κ1) is 28.8. The van der Waals surface area contributed by atoms with Crippen LogP contribution in [0.3, 0.4) is 0 Å². The lowest BCUT2D eigenvalue weighted by Gasteiger charge is -2.10. The molecule has 2 aromatic carbocycles. The Bertz CT molecular complexity index is 889. The zero-order valence-corrected chi connectivity index (χ0v) is 22.2. The summed E-state index contributed by atoms with van der Waals surface area (Å²) in [4.78, 5) is 0. The Kier molecular flexibility index (Phi) is 13.1. The Labute approximate surface area is 217 Å². The van der Waals surface area contributed by atoms with Crippen LogP contribution in [-0.2, 0) is 9.47 Å². The van der Waals surface area contributed by atoms with E-state index in [4.69, 9.17) is 18.9 Å². The van der Waals surface area contributed by atoms with Gasteiger partial charge in [0.15, 0.2) is 0 Å². The van der Waals surface area contributed by atoms with E-state index in [0.717, 1.165) is 72.3 Å². The summed E-state index contributed by atoms with van der Waals surface area (Å²) in [5.41, 5.74) is 4.06. The molecule has 0 bridgehead atoms. The van der Waals surface area contributed by atoms with Crippen LogP contribution in [0, 0.1) is 0 Å². The molecule has 36 heavy (non-hydrogen) atoms. The zero-order valence-electron chi connectivity index (χ0n) is 22.2. The van der Waals surface area contributed by atoms with Gasteiger partial charge in [-0.1, -0.05) is 50.6 Å². The number of allylic oxidation sites excluding steroid dienone is 2. The smallest absolute Gasteiger partial charge is 0.119 e. The molecule has 0 aromatic heterocycles. The van der Waals surface area contributed by atoms with Crippen LogP contribution in [0.15, 0.2) is 97.5 Å². The van der Waals surface area contributed by atoms with E-state index >= 15 is 0 Å². The topological polar surface area (TPSA) is 36.9 Å². The third kappa shape index (κ3) is 11.4. The van der Waals surface area contributed by atoms with Crippen molar-refractivity contribution in [3.05, 3.63) is 97.5 Å². The van der Waals surface area contributed by atoms with Gasteiger partial charge in [0.25, 0.3) is 0 Å². The first-order chi connectivity index (χ1) is 17.4. The maximum atomic E-state index is 5.87. The molecule has 194 valence electrons. The number of rotatable bonds is 19. The van der Waals surface area contributed by atoms with Crippen molar-refractivity contribution in [3.63, 3.8) is 0 Å². The van der Waals surface area contributed by atoms with E-state index in [2.05, 4.69) is 50.6 Å². The van der Waals surface area contributed by atoms with Crippen molar-refractivity contribution in [2.24, 2.45) is 0 Å². The van der Waals surface area contributed by atoms with E-state index in [1.54, 1.807) is 0 Å². The first-order valence-corrected chi connectivity index (χ1v) is 12.8. The molecule has 4 heteroatoms. The van der Waals surface area contributed by atoms with E-state index < -0.39 is 0 Å². The van der Waals surface area contributed by atoms with Crippen LogP contribution in [0.2, 0.25) is 0 Å². The lowest BCUT2D eigenvalue weighted by atomic mass is 10.1. The van der Waals surface area contributed by atoms with Gasteiger partial charge in [0, 0.05) is 0 Å². The minimum Gasteiger partial charge on any atom is -0.494 e. The zero-order chi connectivity index (χ0) is 26.2. The SMILES string of the molecule is C=C(C)C(=C)OCCCCCOc1ccc(-c2ccc(OCCCCCOC(=C)C(=C)C)cc2)cc1. The summed E-state index contributed by atoms with van der Waals surface area (Å²) in [6.07, 6.45) is 6.05. The predicted octanol–water partition coefficient (Wildman–Crippen LogP) is 8.66. The second-order valence-electron chi connectivity index (χ2n) is 8.97. The number of ether oxygens (including phenoxy) is 4. The molecule has 2 aromatic rings. The molecular formula is C32H42O4. The standard InChI is InChI=1S/C32H42O4/c1-25(2)27(5)33-21-9-7-11-23-35-31-17-13-29(14-18-31)30-15-19-32(20-16-30)36-24-12-8-10-22-34-28(6)26(3)4/h13-20H,1,3,5-12,21-24H2,2,4H3. The van der Waals surface area contributed by atoms with E-state index in [1.807, 2.05) is 38.1 Å². The fourth-order valence-electron chi connectivity index (χ4n) is 3.27. The molecule has 0 radical (unpaired) electrons.